The number of fused-ring (bicyclic) bond motifs is 1. The zero-order valence-corrected chi connectivity index (χ0v) is 12.1. The average Bonchev–Trinajstić information content (AvgIpc) is 2.87. The lowest BCUT2D eigenvalue weighted by Gasteiger charge is -2.39. The lowest BCUT2D eigenvalue weighted by atomic mass is 9.85. The number of anilines is 1. The Morgan fingerprint density at radius 3 is 2.90 bits per heavy atom. The number of hydrogen-bond acceptors (Lipinski definition) is 5. The lowest BCUT2D eigenvalue weighted by Crippen LogP contribution is -2.41. The van der Waals surface area contributed by atoms with Crippen LogP contribution in [0.1, 0.15) is 36.5 Å². The van der Waals surface area contributed by atoms with E-state index in [-0.39, 0.29) is 17.9 Å². The molecule has 1 aliphatic heterocycles. The standard InChI is InChI=1S/C15H18N4O2/c1-9-7-12(15(16)20)11-5-3-4-6-13(11)19(9)8-14-17-10(2)18-21-14/h3-6,9,12H,7-8H2,1-2H3,(H2,16,20)/t9-,12+/m1/s1. The Morgan fingerprint density at radius 1 is 1.48 bits per heavy atom. The number of hydrogen-bond donors (Lipinski definition) is 1. The predicted octanol–water partition coefficient (Wildman–Crippen LogP) is 1.75. The Bertz CT molecular complexity index is 667. The number of para-hydroxylation sites is 1. The maximum absolute atomic E-state index is 11.7. The summed E-state index contributed by atoms with van der Waals surface area (Å²) in [5.74, 6) is 0.684. The van der Waals surface area contributed by atoms with Crippen molar-refractivity contribution in [2.75, 3.05) is 4.90 Å². The van der Waals surface area contributed by atoms with Gasteiger partial charge in [0.2, 0.25) is 11.8 Å². The maximum Gasteiger partial charge on any atom is 0.246 e. The van der Waals surface area contributed by atoms with E-state index in [2.05, 4.69) is 22.0 Å². The molecule has 6 nitrogen and oxygen atoms in total. The summed E-state index contributed by atoms with van der Waals surface area (Å²) in [7, 11) is 0. The van der Waals surface area contributed by atoms with Gasteiger partial charge in [-0.1, -0.05) is 23.4 Å². The van der Waals surface area contributed by atoms with Gasteiger partial charge >= 0.3 is 0 Å². The molecule has 21 heavy (non-hydrogen) atoms. The number of carbonyl (C=O) groups excluding carboxylic acids is 1. The number of benzene rings is 1. The number of nitrogens with zero attached hydrogens (tertiary/aromatic N) is 3. The van der Waals surface area contributed by atoms with E-state index in [1.54, 1.807) is 6.92 Å². The van der Waals surface area contributed by atoms with Crippen LogP contribution in [-0.2, 0) is 11.3 Å². The Hall–Kier alpha value is -2.37. The molecule has 0 saturated heterocycles. The fraction of sp³-hybridized carbons (Fsp3) is 0.400. The van der Waals surface area contributed by atoms with Crippen molar-refractivity contribution in [1.82, 2.24) is 10.1 Å². The highest BCUT2D eigenvalue weighted by Gasteiger charge is 2.33. The van der Waals surface area contributed by atoms with Gasteiger partial charge in [-0.15, -0.1) is 0 Å². The summed E-state index contributed by atoms with van der Waals surface area (Å²) in [6, 6.07) is 8.03. The van der Waals surface area contributed by atoms with E-state index in [1.165, 1.54) is 0 Å². The first-order chi connectivity index (χ1) is 10.1. The highest BCUT2D eigenvalue weighted by molar-refractivity contribution is 5.85. The second kappa shape index (κ2) is 5.20. The fourth-order valence-electron chi connectivity index (χ4n) is 2.94. The van der Waals surface area contributed by atoms with E-state index in [0.29, 0.717) is 24.7 Å². The number of rotatable bonds is 3. The van der Waals surface area contributed by atoms with Crippen molar-refractivity contribution in [2.45, 2.75) is 38.8 Å². The Labute approximate surface area is 122 Å². The third-order valence-electron chi connectivity index (χ3n) is 3.95. The number of aromatic nitrogens is 2. The van der Waals surface area contributed by atoms with Gasteiger partial charge in [0.15, 0.2) is 5.82 Å². The van der Waals surface area contributed by atoms with Crippen molar-refractivity contribution in [1.29, 1.82) is 0 Å². The SMILES string of the molecule is Cc1noc(CN2c3ccccc3[C@@H](C(N)=O)C[C@H]2C)n1. The van der Waals surface area contributed by atoms with Crippen LogP contribution in [0.15, 0.2) is 28.8 Å². The van der Waals surface area contributed by atoms with Crippen LogP contribution in [-0.4, -0.2) is 22.1 Å². The van der Waals surface area contributed by atoms with Gasteiger partial charge in [0.25, 0.3) is 0 Å². The van der Waals surface area contributed by atoms with E-state index in [1.807, 2.05) is 24.3 Å². The highest BCUT2D eigenvalue weighted by Crippen LogP contribution is 2.38. The van der Waals surface area contributed by atoms with Gasteiger partial charge in [-0.25, -0.2) is 0 Å². The minimum atomic E-state index is -0.275. The van der Waals surface area contributed by atoms with E-state index >= 15 is 0 Å². The molecule has 0 aliphatic carbocycles. The van der Waals surface area contributed by atoms with Crippen LogP contribution in [0.25, 0.3) is 0 Å². The van der Waals surface area contributed by atoms with Crippen LogP contribution in [0.5, 0.6) is 0 Å². The molecular formula is C15H18N4O2. The predicted molar refractivity (Wildman–Crippen MR) is 77.7 cm³/mol. The summed E-state index contributed by atoms with van der Waals surface area (Å²) in [6.07, 6.45) is 0.694. The second-order valence-electron chi connectivity index (χ2n) is 5.46. The molecule has 1 aromatic carbocycles. The molecule has 6 heteroatoms. The molecule has 3 rings (SSSR count). The van der Waals surface area contributed by atoms with Crippen LogP contribution >= 0.6 is 0 Å². The zero-order chi connectivity index (χ0) is 15.0. The number of amides is 1. The minimum Gasteiger partial charge on any atom is -0.369 e. The third kappa shape index (κ3) is 2.49. The molecular weight excluding hydrogens is 268 g/mol. The third-order valence-corrected chi connectivity index (χ3v) is 3.95. The van der Waals surface area contributed by atoms with Crippen LogP contribution in [0, 0.1) is 6.92 Å². The summed E-state index contributed by atoms with van der Waals surface area (Å²) < 4.78 is 5.21. The smallest absolute Gasteiger partial charge is 0.246 e. The Balaban J connectivity index is 1.97. The molecule has 2 atom stereocenters. The first kappa shape index (κ1) is 13.6. The summed E-state index contributed by atoms with van der Waals surface area (Å²) in [5, 5.41) is 3.82. The van der Waals surface area contributed by atoms with Gasteiger partial charge in [0, 0.05) is 11.7 Å². The molecule has 0 spiro atoms. The molecule has 0 saturated carbocycles. The minimum absolute atomic E-state index is 0.171. The highest BCUT2D eigenvalue weighted by atomic mass is 16.5. The summed E-state index contributed by atoms with van der Waals surface area (Å²) in [5.41, 5.74) is 7.53. The van der Waals surface area contributed by atoms with Crippen molar-refractivity contribution in [3.63, 3.8) is 0 Å². The molecule has 110 valence electrons. The van der Waals surface area contributed by atoms with E-state index in [9.17, 15) is 4.79 Å². The molecule has 2 heterocycles. The molecule has 2 aromatic rings. The summed E-state index contributed by atoms with van der Waals surface area (Å²) >= 11 is 0. The molecule has 1 aromatic heterocycles. The van der Waals surface area contributed by atoms with Crippen LogP contribution in [0.3, 0.4) is 0 Å². The molecule has 2 N–H and O–H groups in total. The van der Waals surface area contributed by atoms with Gasteiger partial charge < -0.3 is 15.2 Å². The topological polar surface area (TPSA) is 85.3 Å². The van der Waals surface area contributed by atoms with E-state index in [0.717, 1.165) is 11.3 Å². The first-order valence-electron chi connectivity index (χ1n) is 7.00. The molecule has 1 aliphatic rings. The van der Waals surface area contributed by atoms with Gasteiger partial charge in [-0.05, 0) is 31.9 Å². The average molecular weight is 286 g/mol. The zero-order valence-electron chi connectivity index (χ0n) is 12.1. The Kier molecular flexibility index (Phi) is 3.37. The van der Waals surface area contributed by atoms with Crippen molar-refractivity contribution in [3.8, 4) is 0 Å². The van der Waals surface area contributed by atoms with Gasteiger partial charge in [0.1, 0.15) is 0 Å². The molecule has 1 amide bonds. The molecule has 0 radical (unpaired) electrons. The van der Waals surface area contributed by atoms with Crippen molar-refractivity contribution in [3.05, 3.63) is 41.5 Å². The van der Waals surface area contributed by atoms with Crippen molar-refractivity contribution < 1.29 is 9.32 Å². The number of carbonyl (C=O) groups is 1. The number of aryl methyl sites for hydroxylation is 1. The normalized spacial score (nSPS) is 21.1. The molecule has 0 fully saturated rings. The van der Waals surface area contributed by atoms with Gasteiger partial charge in [0.05, 0.1) is 12.5 Å². The van der Waals surface area contributed by atoms with Crippen LogP contribution in [0.2, 0.25) is 0 Å². The van der Waals surface area contributed by atoms with Gasteiger partial charge in [-0.2, -0.15) is 4.98 Å². The van der Waals surface area contributed by atoms with E-state index in [4.69, 9.17) is 10.3 Å². The largest absolute Gasteiger partial charge is 0.369 e. The molecule has 0 bridgehead atoms. The van der Waals surface area contributed by atoms with Gasteiger partial charge in [-0.3, -0.25) is 4.79 Å². The van der Waals surface area contributed by atoms with Crippen molar-refractivity contribution in [2.24, 2.45) is 5.73 Å². The quantitative estimate of drug-likeness (QED) is 0.929. The van der Waals surface area contributed by atoms with Crippen LogP contribution in [0.4, 0.5) is 5.69 Å². The van der Waals surface area contributed by atoms with E-state index < -0.39 is 0 Å². The first-order valence-corrected chi connectivity index (χ1v) is 7.00. The summed E-state index contributed by atoms with van der Waals surface area (Å²) in [4.78, 5) is 18.1. The van der Waals surface area contributed by atoms with Crippen molar-refractivity contribution >= 4 is 11.6 Å². The van der Waals surface area contributed by atoms with Crippen LogP contribution < -0.4 is 10.6 Å². The number of nitrogens with two attached hydrogens (primary N) is 1. The fourth-order valence-corrected chi connectivity index (χ4v) is 2.94. The summed E-state index contributed by atoms with van der Waals surface area (Å²) in [6.45, 7) is 4.41. The maximum atomic E-state index is 11.7. The Morgan fingerprint density at radius 2 is 2.24 bits per heavy atom. The lowest BCUT2D eigenvalue weighted by molar-refractivity contribution is -0.119. The molecule has 0 unspecified atom stereocenters. The monoisotopic (exact) mass is 286 g/mol. The number of primary amides is 1. The second-order valence-corrected chi connectivity index (χ2v) is 5.46.